The molecule has 1 aliphatic heterocycles. The van der Waals surface area contributed by atoms with E-state index in [0.717, 1.165) is 10.9 Å². The molecule has 0 bridgehead atoms. The van der Waals surface area contributed by atoms with E-state index in [-0.39, 0.29) is 24.5 Å². The van der Waals surface area contributed by atoms with Crippen LogP contribution in [-0.2, 0) is 14.3 Å². The van der Waals surface area contributed by atoms with E-state index in [9.17, 15) is 14.4 Å². The number of ether oxygens (including phenoxy) is 2. The lowest BCUT2D eigenvalue weighted by Gasteiger charge is -2.28. The maximum absolute atomic E-state index is 12.5. The van der Waals surface area contributed by atoms with E-state index < -0.39 is 24.0 Å². The van der Waals surface area contributed by atoms with Crippen LogP contribution < -0.4 is 10.6 Å². The number of hydrogen-bond acceptors (Lipinski definition) is 5. The van der Waals surface area contributed by atoms with Gasteiger partial charge in [-0.15, -0.1) is 0 Å². The molecule has 3 N–H and O–H groups in total. The van der Waals surface area contributed by atoms with Crippen LogP contribution in [0.5, 0.6) is 0 Å². The molecule has 0 fully saturated rings. The highest BCUT2D eigenvalue weighted by Crippen LogP contribution is 2.20. The second kappa shape index (κ2) is 7.94. The number of nitrogens with one attached hydrogen (secondary N) is 3. The number of carbonyl (C=O) groups is 3. The van der Waals surface area contributed by atoms with Gasteiger partial charge in [0, 0.05) is 17.1 Å². The third-order valence-electron chi connectivity index (χ3n) is 4.30. The molecular formula is C19H21N3O5. The molecule has 3 rings (SSSR count). The lowest BCUT2D eigenvalue weighted by atomic mass is 10.0. The molecule has 0 saturated heterocycles. The molecule has 1 atom stereocenters. The average Bonchev–Trinajstić information content (AvgIpc) is 3.09. The summed E-state index contributed by atoms with van der Waals surface area (Å²) in [6.07, 6.45) is 2.07. The minimum atomic E-state index is -0.552. The van der Waals surface area contributed by atoms with Crippen molar-refractivity contribution in [3.05, 3.63) is 47.3 Å². The molecule has 2 aromatic rings. The predicted octanol–water partition coefficient (Wildman–Crippen LogP) is 2.23. The Bertz CT molecular complexity index is 915. The van der Waals surface area contributed by atoms with E-state index in [4.69, 9.17) is 9.47 Å². The van der Waals surface area contributed by atoms with Gasteiger partial charge in [-0.25, -0.2) is 14.4 Å². The SMILES string of the molecule is CCOC(=O)C1=C(COC(=O)c2c[nH]c3ccccc23)NC(=O)N[C@@H]1CC. The Labute approximate surface area is 155 Å². The van der Waals surface area contributed by atoms with Crippen molar-refractivity contribution in [3.8, 4) is 0 Å². The van der Waals surface area contributed by atoms with E-state index >= 15 is 0 Å². The summed E-state index contributed by atoms with van der Waals surface area (Å²) in [7, 11) is 0. The van der Waals surface area contributed by atoms with Crippen LogP contribution in [0.2, 0.25) is 0 Å². The van der Waals surface area contributed by atoms with Gasteiger partial charge < -0.3 is 25.1 Å². The van der Waals surface area contributed by atoms with Crippen molar-refractivity contribution in [1.82, 2.24) is 15.6 Å². The molecule has 142 valence electrons. The van der Waals surface area contributed by atoms with Crippen LogP contribution in [0.3, 0.4) is 0 Å². The summed E-state index contributed by atoms with van der Waals surface area (Å²) >= 11 is 0. The Hall–Kier alpha value is -3.29. The van der Waals surface area contributed by atoms with Gasteiger partial charge >= 0.3 is 18.0 Å². The molecule has 1 aromatic carbocycles. The van der Waals surface area contributed by atoms with Crippen LogP contribution in [0, 0.1) is 0 Å². The molecular weight excluding hydrogens is 350 g/mol. The van der Waals surface area contributed by atoms with Gasteiger partial charge in [-0.3, -0.25) is 0 Å². The number of benzene rings is 1. The van der Waals surface area contributed by atoms with Crippen molar-refractivity contribution in [2.24, 2.45) is 0 Å². The van der Waals surface area contributed by atoms with Crippen molar-refractivity contribution in [3.63, 3.8) is 0 Å². The van der Waals surface area contributed by atoms with Gasteiger partial charge in [-0.05, 0) is 19.4 Å². The van der Waals surface area contributed by atoms with Gasteiger partial charge in [0.25, 0.3) is 0 Å². The fourth-order valence-electron chi connectivity index (χ4n) is 3.03. The summed E-state index contributed by atoms with van der Waals surface area (Å²) in [5.74, 6) is -1.10. The highest BCUT2D eigenvalue weighted by Gasteiger charge is 2.32. The molecule has 1 aromatic heterocycles. The van der Waals surface area contributed by atoms with Crippen molar-refractivity contribution in [1.29, 1.82) is 0 Å². The zero-order chi connectivity index (χ0) is 19.4. The number of para-hydroxylation sites is 1. The van der Waals surface area contributed by atoms with Crippen LogP contribution in [0.1, 0.15) is 30.6 Å². The molecule has 0 aliphatic carbocycles. The first kappa shape index (κ1) is 18.5. The maximum Gasteiger partial charge on any atom is 0.340 e. The van der Waals surface area contributed by atoms with Crippen LogP contribution in [0.4, 0.5) is 4.79 Å². The molecule has 27 heavy (non-hydrogen) atoms. The quantitative estimate of drug-likeness (QED) is 0.675. The highest BCUT2D eigenvalue weighted by molar-refractivity contribution is 6.04. The summed E-state index contributed by atoms with van der Waals surface area (Å²) in [4.78, 5) is 39.7. The van der Waals surface area contributed by atoms with Crippen LogP contribution in [-0.4, -0.2) is 42.2 Å². The number of aromatic amines is 1. The number of urea groups is 1. The molecule has 0 unspecified atom stereocenters. The number of hydrogen-bond donors (Lipinski definition) is 3. The largest absolute Gasteiger partial charge is 0.463 e. The summed E-state index contributed by atoms with van der Waals surface area (Å²) in [5, 5.41) is 5.96. The van der Waals surface area contributed by atoms with Crippen LogP contribution >= 0.6 is 0 Å². The molecule has 1 aliphatic rings. The first-order valence-electron chi connectivity index (χ1n) is 8.76. The third kappa shape index (κ3) is 3.79. The topological polar surface area (TPSA) is 110 Å². The summed E-state index contributed by atoms with van der Waals surface area (Å²) in [6, 6.07) is 6.40. The van der Waals surface area contributed by atoms with Crippen LogP contribution in [0.15, 0.2) is 41.7 Å². The minimum Gasteiger partial charge on any atom is -0.463 e. The zero-order valence-electron chi connectivity index (χ0n) is 15.1. The fourth-order valence-corrected chi connectivity index (χ4v) is 3.03. The minimum absolute atomic E-state index is 0.203. The summed E-state index contributed by atoms with van der Waals surface area (Å²) < 4.78 is 10.4. The van der Waals surface area contributed by atoms with E-state index in [1.54, 1.807) is 13.1 Å². The molecule has 0 radical (unpaired) electrons. The van der Waals surface area contributed by atoms with E-state index in [1.165, 1.54) is 0 Å². The Balaban J connectivity index is 1.83. The lowest BCUT2D eigenvalue weighted by molar-refractivity contribution is -0.139. The fraction of sp³-hybridized carbons (Fsp3) is 0.316. The van der Waals surface area contributed by atoms with Crippen molar-refractivity contribution >= 4 is 28.9 Å². The van der Waals surface area contributed by atoms with E-state index in [1.807, 2.05) is 31.2 Å². The number of carbonyl (C=O) groups excluding carboxylic acids is 3. The van der Waals surface area contributed by atoms with Gasteiger partial charge in [0.2, 0.25) is 0 Å². The lowest BCUT2D eigenvalue weighted by Crippen LogP contribution is -2.51. The maximum atomic E-state index is 12.5. The smallest absolute Gasteiger partial charge is 0.340 e. The Morgan fingerprint density at radius 1 is 1.11 bits per heavy atom. The summed E-state index contributed by atoms with van der Waals surface area (Å²) in [6.45, 7) is 3.50. The van der Waals surface area contributed by atoms with Gasteiger partial charge in [0.15, 0.2) is 0 Å². The highest BCUT2D eigenvalue weighted by atomic mass is 16.5. The molecule has 2 amide bonds. The number of esters is 2. The van der Waals surface area contributed by atoms with Gasteiger partial charge in [0.05, 0.1) is 29.5 Å². The Morgan fingerprint density at radius 2 is 1.89 bits per heavy atom. The zero-order valence-corrected chi connectivity index (χ0v) is 15.1. The molecule has 8 heteroatoms. The first-order valence-corrected chi connectivity index (χ1v) is 8.76. The number of aromatic nitrogens is 1. The average molecular weight is 371 g/mol. The molecule has 8 nitrogen and oxygen atoms in total. The van der Waals surface area contributed by atoms with Gasteiger partial charge in [-0.1, -0.05) is 25.1 Å². The summed E-state index contributed by atoms with van der Waals surface area (Å²) in [5.41, 5.74) is 1.70. The molecule has 0 spiro atoms. The number of H-pyrrole nitrogens is 1. The van der Waals surface area contributed by atoms with E-state index in [0.29, 0.717) is 12.0 Å². The number of rotatable bonds is 6. The molecule has 2 heterocycles. The third-order valence-corrected chi connectivity index (χ3v) is 4.30. The number of fused-ring (bicyclic) bond motifs is 1. The number of amides is 2. The monoisotopic (exact) mass is 371 g/mol. The first-order chi connectivity index (χ1) is 13.0. The van der Waals surface area contributed by atoms with E-state index in [2.05, 4.69) is 15.6 Å². The van der Waals surface area contributed by atoms with Crippen molar-refractivity contribution < 1.29 is 23.9 Å². The predicted molar refractivity (Wildman–Crippen MR) is 98.0 cm³/mol. The van der Waals surface area contributed by atoms with Crippen molar-refractivity contribution in [2.75, 3.05) is 13.2 Å². The Morgan fingerprint density at radius 3 is 2.63 bits per heavy atom. The second-order valence-corrected chi connectivity index (χ2v) is 6.00. The van der Waals surface area contributed by atoms with Gasteiger partial charge in [0.1, 0.15) is 6.61 Å². The standard InChI is InChI=1S/C19H21N3O5/c1-3-13-16(18(24)26-4-2)15(22-19(25)21-13)10-27-17(23)12-9-20-14-8-6-5-7-11(12)14/h5-9,13,20H,3-4,10H2,1-2H3,(H2,21,22,25)/t13-/m1/s1. The Kier molecular flexibility index (Phi) is 5.44. The van der Waals surface area contributed by atoms with Crippen molar-refractivity contribution in [2.45, 2.75) is 26.3 Å². The normalized spacial score (nSPS) is 16.7. The second-order valence-electron chi connectivity index (χ2n) is 6.00. The van der Waals surface area contributed by atoms with Gasteiger partial charge in [-0.2, -0.15) is 0 Å². The molecule has 0 saturated carbocycles. The van der Waals surface area contributed by atoms with Crippen LogP contribution in [0.25, 0.3) is 10.9 Å².